The monoisotopic (exact) mass is 784 g/mol. The Bertz CT molecular complexity index is 1900. The molecule has 1 aromatic carbocycles. The van der Waals surface area contributed by atoms with Crippen LogP contribution in [0.3, 0.4) is 0 Å². The van der Waals surface area contributed by atoms with Crippen LogP contribution in [-0.4, -0.2) is 26.8 Å². The Morgan fingerprint density at radius 3 is 1.91 bits per heavy atom. The largest absolute Gasteiger partial charge is 0.372 e. The van der Waals surface area contributed by atoms with Gasteiger partial charge in [-0.25, -0.2) is 0 Å². The van der Waals surface area contributed by atoms with Gasteiger partial charge in [-0.15, -0.1) is 34.0 Å². The molecule has 0 saturated heterocycles. The average molecular weight is 785 g/mol. The number of aromatic nitrogens is 3. The van der Waals surface area contributed by atoms with E-state index in [2.05, 4.69) is 81.1 Å². The van der Waals surface area contributed by atoms with Crippen LogP contribution in [0.25, 0.3) is 51.9 Å². The Hall–Kier alpha value is -2.65. The van der Waals surface area contributed by atoms with E-state index in [0.717, 1.165) is 28.2 Å². The molecule has 5 aromatic heterocycles. The van der Waals surface area contributed by atoms with Crippen molar-refractivity contribution in [2.75, 3.05) is 18.0 Å². The third-order valence-corrected chi connectivity index (χ3v) is 14.8. The summed E-state index contributed by atoms with van der Waals surface area (Å²) < 4.78 is 12.2. The predicted octanol–water partition coefficient (Wildman–Crippen LogP) is 15.7. The lowest BCUT2D eigenvalue weighted by Crippen LogP contribution is -2.25. The molecule has 6 aromatic rings. The highest BCUT2D eigenvalue weighted by molar-refractivity contribution is 7.31. The minimum atomic E-state index is 0.764. The summed E-state index contributed by atoms with van der Waals surface area (Å²) in [7, 11) is 0. The lowest BCUT2D eigenvalue weighted by atomic mass is 9.95. The minimum absolute atomic E-state index is 0.764. The lowest BCUT2D eigenvalue weighted by Gasteiger charge is -2.25. The molecule has 6 rings (SSSR count). The molecule has 0 aliphatic rings. The second kappa shape index (κ2) is 20.9. The Labute approximate surface area is 335 Å². The van der Waals surface area contributed by atoms with Crippen LogP contribution in [0, 0.1) is 5.92 Å². The quantitative estimate of drug-likeness (QED) is 0.0573. The second-order valence-electron chi connectivity index (χ2n) is 14.9. The normalized spacial score (nSPS) is 12.4. The molecule has 8 heteroatoms. The molecular weight excluding hydrogens is 725 g/mol. The van der Waals surface area contributed by atoms with Crippen molar-refractivity contribution >= 4 is 71.9 Å². The van der Waals surface area contributed by atoms with Gasteiger partial charge in [0.25, 0.3) is 0 Å². The molecule has 0 radical (unpaired) electrons. The second-order valence-corrected chi connectivity index (χ2v) is 18.8. The molecule has 0 aliphatic heterocycles. The zero-order valence-electron chi connectivity index (χ0n) is 32.6. The van der Waals surface area contributed by atoms with Crippen molar-refractivity contribution in [1.29, 1.82) is 0 Å². The van der Waals surface area contributed by atoms with Crippen LogP contribution in [0.2, 0.25) is 0 Å². The topological polar surface area (TPSA) is 41.9 Å². The van der Waals surface area contributed by atoms with E-state index in [1.165, 1.54) is 174 Å². The van der Waals surface area contributed by atoms with Crippen LogP contribution >= 0.6 is 45.7 Å². The average Bonchev–Trinajstić information content (AvgIpc) is 4.00. The van der Waals surface area contributed by atoms with Crippen molar-refractivity contribution in [3.8, 4) is 31.5 Å². The van der Waals surface area contributed by atoms with E-state index in [0.29, 0.717) is 0 Å². The highest BCUT2D eigenvalue weighted by atomic mass is 32.1. The standard InChI is InChI=1S/C45H60N4S4/c1-5-9-12-14-16-18-27-49(28-19-17-15-13-10-6-2)35-23-21-34(22-24-35)39-30-40-41(51-39)31-42(52-40)44-45-43(47-53-48-45)37(32-46-44)38-26-25-36(50-38)29-33(8-4)20-11-7-3/h21-26,30-33H,5-20,27-29H2,1-4H3. The van der Waals surface area contributed by atoms with E-state index < -0.39 is 0 Å². The van der Waals surface area contributed by atoms with Gasteiger partial charge in [-0.1, -0.05) is 130 Å². The molecule has 5 heterocycles. The van der Waals surface area contributed by atoms with Crippen LogP contribution < -0.4 is 4.90 Å². The maximum absolute atomic E-state index is 5.03. The van der Waals surface area contributed by atoms with Crippen molar-refractivity contribution in [1.82, 2.24) is 13.7 Å². The van der Waals surface area contributed by atoms with Crippen LogP contribution in [0.1, 0.15) is 135 Å². The first-order valence-electron chi connectivity index (χ1n) is 20.7. The molecule has 1 unspecified atom stereocenters. The third kappa shape index (κ3) is 10.8. The summed E-state index contributed by atoms with van der Waals surface area (Å²) >= 11 is 6.91. The van der Waals surface area contributed by atoms with Gasteiger partial charge in [0.2, 0.25) is 0 Å². The molecule has 53 heavy (non-hydrogen) atoms. The molecule has 4 nitrogen and oxygen atoms in total. The number of anilines is 1. The number of nitrogens with zero attached hydrogens (tertiary/aromatic N) is 4. The number of benzene rings is 1. The number of unbranched alkanes of at least 4 members (excludes halogenated alkanes) is 11. The fourth-order valence-electron chi connectivity index (χ4n) is 7.46. The number of pyridine rings is 1. The van der Waals surface area contributed by atoms with Crippen LogP contribution in [0.15, 0.2) is 54.7 Å². The molecule has 0 N–H and O–H groups in total. The number of fused-ring (bicyclic) bond motifs is 2. The SMILES string of the molecule is CCCCCCCCN(CCCCCCCC)c1ccc(-c2cc3sc(-c4ncc(-c5ccc(CC(CC)CCCC)s5)c5nsnc45)cc3s2)cc1. The third-order valence-electron chi connectivity index (χ3n) is 10.8. The Kier molecular flexibility index (Phi) is 15.8. The van der Waals surface area contributed by atoms with Crippen molar-refractivity contribution < 1.29 is 0 Å². The van der Waals surface area contributed by atoms with Gasteiger partial charge in [0.15, 0.2) is 0 Å². The highest BCUT2D eigenvalue weighted by Crippen LogP contribution is 2.44. The summed E-state index contributed by atoms with van der Waals surface area (Å²) in [6, 6.07) is 18.7. The zero-order valence-corrected chi connectivity index (χ0v) is 35.9. The first kappa shape index (κ1) is 40.0. The van der Waals surface area contributed by atoms with E-state index in [-0.39, 0.29) is 0 Å². The zero-order chi connectivity index (χ0) is 36.8. The molecule has 0 amide bonds. The van der Waals surface area contributed by atoms with Gasteiger partial charge in [0, 0.05) is 54.6 Å². The highest BCUT2D eigenvalue weighted by Gasteiger charge is 2.19. The number of hydrogen-bond acceptors (Lipinski definition) is 8. The fraction of sp³-hybridized carbons (Fsp3) is 0.533. The van der Waals surface area contributed by atoms with Crippen molar-refractivity contribution in [2.45, 2.75) is 137 Å². The molecule has 0 spiro atoms. The summed E-state index contributed by atoms with van der Waals surface area (Å²) in [6.07, 6.45) is 24.5. The van der Waals surface area contributed by atoms with Crippen molar-refractivity contribution in [3.05, 3.63) is 59.6 Å². The fourth-order valence-corrected chi connectivity index (χ4v) is 11.6. The van der Waals surface area contributed by atoms with Gasteiger partial charge in [0.1, 0.15) is 16.7 Å². The summed E-state index contributed by atoms with van der Waals surface area (Å²) in [5.41, 5.74) is 6.65. The van der Waals surface area contributed by atoms with E-state index in [1.54, 1.807) is 0 Å². The summed E-state index contributed by atoms with van der Waals surface area (Å²) in [5, 5.41) is 0. The molecule has 0 bridgehead atoms. The number of rotatable bonds is 24. The molecule has 0 saturated carbocycles. The van der Waals surface area contributed by atoms with Gasteiger partial charge in [0.05, 0.1) is 16.6 Å². The van der Waals surface area contributed by atoms with Crippen LogP contribution in [0.5, 0.6) is 0 Å². The van der Waals surface area contributed by atoms with Gasteiger partial charge >= 0.3 is 0 Å². The molecule has 284 valence electrons. The van der Waals surface area contributed by atoms with Crippen molar-refractivity contribution in [3.63, 3.8) is 0 Å². The number of hydrogen-bond donors (Lipinski definition) is 0. The summed E-state index contributed by atoms with van der Waals surface area (Å²) in [4.78, 5) is 12.9. The predicted molar refractivity (Wildman–Crippen MR) is 239 cm³/mol. The van der Waals surface area contributed by atoms with Gasteiger partial charge in [-0.2, -0.15) is 8.75 Å². The summed E-state index contributed by atoms with van der Waals surface area (Å²) in [5.74, 6) is 0.764. The molecule has 0 aliphatic carbocycles. The first-order chi connectivity index (χ1) is 26.1. The molecular formula is C45H60N4S4. The lowest BCUT2D eigenvalue weighted by molar-refractivity contribution is 0.452. The minimum Gasteiger partial charge on any atom is -0.372 e. The maximum atomic E-state index is 5.03. The van der Waals surface area contributed by atoms with E-state index in [1.807, 2.05) is 40.2 Å². The summed E-state index contributed by atoms with van der Waals surface area (Å²) in [6.45, 7) is 11.6. The molecule has 1 atom stereocenters. The Morgan fingerprint density at radius 1 is 0.604 bits per heavy atom. The van der Waals surface area contributed by atoms with Crippen LogP contribution in [0.4, 0.5) is 5.69 Å². The van der Waals surface area contributed by atoms with E-state index in [4.69, 9.17) is 13.7 Å². The maximum Gasteiger partial charge on any atom is 0.132 e. The van der Waals surface area contributed by atoms with Gasteiger partial charge in [-0.3, -0.25) is 4.98 Å². The van der Waals surface area contributed by atoms with E-state index in [9.17, 15) is 0 Å². The Morgan fingerprint density at radius 2 is 1.23 bits per heavy atom. The number of thiophene rings is 3. The van der Waals surface area contributed by atoms with Gasteiger partial charge < -0.3 is 4.90 Å². The van der Waals surface area contributed by atoms with Gasteiger partial charge in [-0.05, 0) is 67.1 Å². The smallest absolute Gasteiger partial charge is 0.132 e. The Balaban J connectivity index is 1.13. The first-order valence-corrected chi connectivity index (χ1v) is 23.9. The van der Waals surface area contributed by atoms with Crippen molar-refractivity contribution in [2.24, 2.45) is 5.92 Å². The van der Waals surface area contributed by atoms with Crippen LogP contribution in [-0.2, 0) is 6.42 Å². The molecule has 0 fully saturated rings. The van der Waals surface area contributed by atoms with E-state index >= 15 is 0 Å².